The van der Waals surface area contributed by atoms with E-state index < -0.39 is 94.2 Å². The van der Waals surface area contributed by atoms with Crippen molar-refractivity contribution in [3.05, 3.63) is 59.7 Å². The molecule has 2 aliphatic heterocycles. The highest BCUT2D eigenvalue weighted by Crippen LogP contribution is 2.50. The predicted octanol–water partition coefficient (Wildman–Crippen LogP) is 0.688. The summed E-state index contributed by atoms with van der Waals surface area (Å²) in [6, 6.07) is 6.60. The molecule has 0 radical (unpaired) electrons. The largest absolute Gasteiger partial charge is 0.480 e. The molecule has 260 valence electrons. The van der Waals surface area contributed by atoms with Crippen molar-refractivity contribution >= 4 is 59.3 Å². The van der Waals surface area contributed by atoms with Gasteiger partial charge in [-0.2, -0.15) is 0 Å². The standard InChI is InChI=1S/C32H34N4O12S/c1-15(37)46-14-20(33-26(40)19-12-9-13-21(47-16(2)38)24(19)48-17(3)39)27(41)34-22(18-10-7-6-8-11-18)28(42)35-23-29(43)36-25(31(44)45)32(4,5)49-30(23)36/h6-13,20,22-23,25,30H,14H2,1-5H3,(H,33,40)(H,34,41)(H,35,42)(H,44,45). The van der Waals surface area contributed by atoms with Crippen LogP contribution in [0.5, 0.6) is 11.5 Å². The summed E-state index contributed by atoms with van der Waals surface area (Å²) in [5, 5.41) is 16.6. The Morgan fingerprint density at radius 1 is 0.878 bits per heavy atom. The van der Waals surface area contributed by atoms with E-state index in [1.54, 1.807) is 44.2 Å². The molecule has 4 N–H and O–H groups in total. The van der Waals surface area contributed by atoms with Crippen LogP contribution in [-0.4, -0.2) is 92.4 Å². The lowest BCUT2D eigenvalue weighted by molar-refractivity contribution is -0.161. The van der Waals surface area contributed by atoms with Crippen molar-refractivity contribution in [2.75, 3.05) is 6.61 Å². The van der Waals surface area contributed by atoms with Crippen molar-refractivity contribution < 1.29 is 57.7 Å². The molecule has 16 nitrogen and oxygen atoms in total. The van der Waals surface area contributed by atoms with Crippen LogP contribution in [0.4, 0.5) is 0 Å². The molecule has 2 aliphatic rings. The van der Waals surface area contributed by atoms with Gasteiger partial charge in [0.1, 0.15) is 36.1 Å². The number of carbonyl (C=O) groups is 8. The SMILES string of the molecule is CC(=O)OCC(NC(=O)c1cccc(OC(C)=O)c1OC(C)=O)C(=O)NC(C(=O)NC1C(=O)N2C1SC(C)(C)C2C(=O)O)c1ccccc1. The molecule has 2 saturated heterocycles. The van der Waals surface area contributed by atoms with Gasteiger partial charge in [0.05, 0.1) is 5.56 Å². The number of benzene rings is 2. The number of nitrogens with one attached hydrogen (secondary N) is 3. The molecule has 4 amide bonds. The Labute approximate surface area is 284 Å². The van der Waals surface area contributed by atoms with E-state index in [-0.39, 0.29) is 11.3 Å². The van der Waals surface area contributed by atoms with Crippen LogP contribution >= 0.6 is 11.8 Å². The molecule has 2 fully saturated rings. The van der Waals surface area contributed by atoms with E-state index in [2.05, 4.69) is 16.0 Å². The molecule has 0 bridgehead atoms. The van der Waals surface area contributed by atoms with Gasteiger partial charge in [0.15, 0.2) is 11.5 Å². The summed E-state index contributed by atoms with van der Waals surface area (Å²) in [6.45, 7) is 5.93. The second-order valence-corrected chi connectivity index (χ2v) is 13.4. The molecule has 2 aromatic carbocycles. The molecule has 0 aliphatic carbocycles. The first-order valence-electron chi connectivity index (χ1n) is 14.8. The number of carboxylic acid groups (broad SMARTS) is 1. The summed E-state index contributed by atoms with van der Waals surface area (Å²) in [6.07, 6.45) is 0. The second-order valence-electron chi connectivity index (χ2n) is 11.6. The molecule has 0 aromatic heterocycles. The van der Waals surface area contributed by atoms with Crippen LogP contribution in [-0.2, 0) is 38.3 Å². The minimum absolute atomic E-state index is 0.250. The number of carboxylic acids is 1. The van der Waals surface area contributed by atoms with E-state index in [0.29, 0.717) is 5.56 Å². The topological polar surface area (TPSA) is 224 Å². The highest BCUT2D eigenvalue weighted by atomic mass is 32.2. The number of hydrogen-bond acceptors (Lipinski definition) is 12. The van der Waals surface area contributed by atoms with Gasteiger partial charge in [0.25, 0.3) is 5.91 Å². The minimum Gasteiger partial charge on any atom is -0.480 e. The normalized spacial score (nSPS) is 20.0. The fourth-order valence-electron chi connectivity index (χ4n) is 5.37. The van der Waals surface area contributed by atoms with Crippen molar-refractivity contribution in [3.8, 4) is 11.5 Å². The van der Waals surface area contributed by atoms with Crippen LogP contribution in [0.25, 0.3) is 0 Å². The average molecular weight is 699 g/mol. The Balaban J connectivity index is 1.59. The maximum atomic E-state index is 13.7. The number of ether oxygens (including phenoxy) is 3. The van der Waals surface area contributed by atoms with Gasteiger partial charge in [-0.15, -0.1) is 11.8 Å². The van der Waals surface area contributed by atoms with Gasteiger partial charge >= 0.3 is 23.9 Å². The van der Waals surface area contributed by atoms with Gasteiger partial charge < -0.3 is 40.2 Å². The van der Waals surface area contributed by atoms with E-state index in [1.807, 2.05) is 0 Å². The highest BCUT2D eigenvalue weighted by molar-refractivity contribution is 8.01. The van der Waals surface area contributed by atoms with E-state index in [9.17, 15) is 43.5 Å². The molecule has 5 unspecified atom stereocenters. The smallest absolute Gasteiger partial charge is 0.327 e. The molecular formula is C32H34N4O12S. The Hall–Kier alpha value is -5.45. The Morgan fingerprint density at radius 2 is 1.53 bits per heavy atom. The zero-order chi connectivity index (χ0) is 36.2. The van der Waals surface area contributed by atoms with Crippen molar-refractivity contribution in [3.63, 3.8) is 0 Å². The number of esters is 3. The van der Waals surface area contributed by atoms with Gasteiger partial charge in [-0.1, -0.05) is 36.4 Å². The number of rotatable bonds is 12. The van der Waals surface area contributed by atoms with Crippen molar-refractivity contribution in [2.45, 2.75) is 68.9 Å². The third-order valence-electron chi connectivity index (χ3n) is 7.45. The van der Waals surface area contributed by atoms with Gasteiger partial charge in [-0.3, -0.25) is 33.6 Å². The lowest BCUT2D eigenvalue weighted by Gasteiger charge is -2.44. The second kappa shape index (κ2) is 14.8. The Kier molecular flexibility index (Phi) is 11.0. The molecule has 49 heavy (non-hydrogen) atoms. The minimum atomic E-state index is -1.61. The molecule has 0 spiro atoms. The number of aliphatic carboxylic acids is 1. The number of para-hydroxylation sites is 1. The van der Waals surface area contributed by atoms with Crippen LogP contribution in [0.15, 0.2) is 48.5 Å². The van der Waals surface area contributed by atoms with Gasteiger partial charge in [0, 0.05) is 25.5 Å². The van der Waals surface area contributed by atoms with E-state index >= 15 is 0 Å². The third kappa shape index (κ3) is 8.17. The fourth-order valence-corrected chi connectivity index (χ4v) is 6.99. The molecule has 5 atom stereocenters. The number of nitrogens with zero attached hydrogens (tertiary/aromatic N) is 1. The van der Waals surface area contributed by atoms with Crippen molar-refractivity contribution in [2.24, 2.45) is 0 Å². The van der Waals surface area contributed by atoms with Gasteiger partial charge in [-0.05, 0) is 31.5 Å². The molecule has 2 aromatic rings. The molecule has 4 rings (SSSR count). The Bertz CT molecular complexity index is 1700. The first-order chi connectivity index (χ1) is 23.0. The number of carbonyl (C=O) groups excluding carboxylic acids is 7. The lowest BCUT2D eigenvalue weighted by atomic mass is 9.95. The number of hydrogen-bond donors (Lipinski definition) is 4. The molecule has 0 saturated carbocycles. The number of thioether (sulfide) groups is 1. The highest BCUT2D eigenvalue weighted by Gasteiger charge is 2.64. The molecular weight excluding hydrogens is 664 g/mol. The van der Waals surface area contributed by atoms with E-state index in [0.717, 1.165) is 20.8 Å². The number of amides is 4. The summed E-state index contributed by atoms with van der Waals surface area (Å²) in [4.78, 5) is 102. The molecule has 2 heterocycles. The lowest BCUT2D eigenvalue weighted by Crippen LogP contribution is -2.71. The maximum Gasteiger partial charge on any atom is 0.327 e. The fraction of sp³-hybridized carbons (Fsp3) is 0.375. The van der Waals surface area contributed by atoms with Crippen LogP contribution < -0.4 is 25.4 Å². The number of fused-ring (bicyclic) bond motifs is 1. The monoisotopic (exact) mass is 698 g/mol. The predicted molar refractivity (Wildman–Crippen MR) is 170 cm³/mol. The average Bonchev–Trinajstić information content (AvgIpc) is 3.28. The maximum absolute atomic E-state index is 13.7. The third-order valence-corrected chi connectivity index (χ3v) is 9.02. The van der Waals surface area contributed by atoms with E-state index in [1.165, 1.54) is 34.9 Å². The van der Waals surface area contributed by atoms with Crippen molar-refractivity contribution in [1.82, 2.24) is 20.9 Å². The van der Waals surface area contributed by atoms with Crippen LogP contribution in [0.1, 0.15) is 56.6 Å². The van der Waals surface area contributed by atoms with Crippen LogP contribution in [0.2, 0.25) is 0 Å². The summed E-state index contributed by atoms with van der Waals surface area (Å²) in [5.41, 5.74) is -0.0137. The summed E-state index contributed by atoms with van der Waals surface area (Å²) in [5.74, 6) is -7.60. The first kappa shape index (κ1) is 36.4. The summed E-state index contributed by atoms with van der Waals surface area (Å²) >= 11 is 1.22. The zero-order valence-electron chi connectivity index (χ0n) is 27.0. The van der Waals surface area contributed by atoms with Crippen molar-refractivity contribution in [1.29, 1.82) is 0 Å². The Morgan fingerprint density at radius 3 is 2.12 bits per heavy atom. The number of β-lactam (4-membered cyclic amide) rings is 1. The van der Waals surface area contributed by atoms with Crippen LogP contribution in [0, 0.1) is 0 Å². The first-order valence-corrected chi connectivity index (χ1v) is 15.7. The van der Waals surface area contributed by atoms with E-state index in [4.69, 9.17) is 14.2 Å². The molecule has 17 heteroatoms. The summed E-state index contributed by atoms with van der Waals surface area (Å²) in [7, 11) is 0. The van der Waals surface area contributed by atoms with Gasteiger partial charge in [0.2, 0.25) is 17.7 Å². The summed E-state index contributed by atoms with van der Waals surface area (Å²) < 4.78 is 14.4. The van der Waals surface area contributed by atoms with Crippen LogP contribution in [0.3, 0.4) is 0 Å². The zero-order valence-corrected chi connectivity index (χ0v) is 27.8. The quantitative estimate of drug-likeness (QED) is 0.136. The van der Waals surface area contributed by atoms with Gasteiger partial charge in [-0.25, -0.2) is 4.79 Å².